The number of phenolic OH excluding ortho intramolecular Hbond substituents is 1. The molecular formula is C26H25N5O4. The number of aromatic nitrogens is 2. The Kier molecular flexibility index (Phi) is 6.68. The van der Waals surface area contributed by atoms with Crippen LogP contribution in [0.15, 0.2) is 66.9 Å². The molecule has 1 amide bonds. The predicted octanol–water partition coefficient (Wildman–Crippen LogP) is 3.87. The molecule has 0 fully saturated rings. The molecule has 4 rings (SSSR count). The molecule has 35 heavy (non-hydrogen) atoms. The Labute approximate surface area is 202 Å². The Morgan fingerprint density at radius 2 is 1.83 bits per heavy atom. The summed E-state index contributed by atoms with van der Waals surface area (Å²) in [6.07, 6.45) is 2.05. The Balaban J connectivity index is 1.71. The molecular weight excluding hydrogens is 446 g/mol. The summed E-state index contributed by atoms with van der Waals surface area (Å²) in [4.78, 5) is 20.7. The molecule has 0 unspecified atom stereocenters. The first-order valence-corrected chi connectivity index (χ1v) is 10.7. The Morgan fingerprint density at radius 3 is 2.54 bits per heavy atom. The zero-order valence-electron chi connectivity index (χ0n) is 19.3. The van der Waals surface area contributed by atoms with Crippen molar-refractivity contribution in [2.75, 3.05) is 31.0 Å². The minimum atomic E-state index is -0.419. The summed E-state index contributed by atoms with van der Waals surface area (Å²) in [7, 11) is 3.13. The first kappa shape index (κ1) is 23.4. The van der Waals surface area contributed by atoms with E-state index in [9.17, 15) is 9.90 Å². The van der Waals surface area contributed by atoms with Crippen molar-refractivity contribution in [3.63, 3.8) is 0 Å². The number of nitrogens with one attached hydrogen (secondary N) is 1. The van der Waals surface area contributed by atoms with Crippen LogP contribution in [0.2, 0.25) is 0 Å². The van der Waals surface area contributed by atoms with Crippen molar-refractivity contribution in [3.8, 4) is 28.4 Å². The number of benzene rings is 3. The fourth-order valence-electron chi connectivity index (χ4n) is 3.76. The first-order valence-electron chi connectivity index (χ1n) is 10.7. The highest BCUT2D eigenvalue weighted by Crippen LogP contribution is 2.40. The number of carbonyl (C=O) groups excluding carboxylic acids is 1. The topological polar surface area (TPSA) is 146 Å². The van der Waals surface area contributed by atoms with E-state index in [1.165, 1.54) is 6.07 Å². The Bertz CT molecular complexity index is 1390. The fourth-order valence-corrected chi connectivity index (χ4v) is 3.76. The van der Waals surface area contributed by atoms with Crippen LogP contribution >= 0.6 is 0 Å². The quantitative estimate of drug-likeness (QED) is 0.318. The maximum absolute atomic E-state index is 12.7. The van der Waals surface area contributed by atoms with Gasteiger partial charge in [-0.15, -0.1) is 0 Å². The fraction of sp³-hybridized carbons (Fsp3) is 0.115. The summed E-state index contributed by atoms with van der Waals surface area (Å²) in [5.41, 5.74) is 15.5. The molecule has 0 aliphatic carbocycles. The van der Waals surface area contributed by atoms with Crippen LogP contribution in [0.25, 0.3) is 11.1 Å². The number of anilines is 3. The zero-order valence-corrected chi connectivity index (χ0v) is 19.3. The van der Waals surface area contributed by atoms with E-state index in [1.54, 1.807) is 44.7 Å². The lowest BCUT2D eigenvalue weighted by Crippen LogP contribution is -2.12. The third kappa shape index (κ3) is 5.09. The lowest BCUT2D eigenvalue weighted by molar-refractivity contribution is 0.102. The Hall–Kier alpha value is -4.79. The highest BCUT2D eigenvalue weighted by atomic mass is 16.5. The number of amides is 1. The Morgan fingerprint density at radius 1 is 1.03 bits per heavy atom. The molecule has 1 heterocycles. The van der Waals surface area contributed by atoms with Gasteiger partial charge < -0.3 is 31.4 Å². The summed E-state index contributed by atoms with van der Waals surface area (Å²) in [6.45, 7) is 0. The van der Waals surface area contributed by atoms with Crippen LogP contribution in [0.1, 0.15) is 21.5 Å². The molecule has 0 atom stereocenters. The number of carbonyl (C=O) groups is 1. The second kappa shape index (κ2) is 10.0. The molecule has 0 bridgehead atoms. The number of hydrogen-bond donors (Lipinski definition) is 4. The van der Waals surface area contributed by atoms with Gasteiger partial charge in [0, 0.05) is 29.4 Å². The number of hydrogen-bond acceptors (Lipinski definition) is 8. The number of ether oxygens (including phenoxy) is 2. The van der Waals surface area contributed by atoms with E-state index in [4.69, 9.17) is 20.9 Å². The van der Waals surface area contributed by atoms with Crippen molar-refractivity contribution in [2.45, 2.75) is 6.42 Å². The zero-order chi connectivity index (χ0) is 24.9. The van der Waals surface area contributed by atoms with Crippen LogP contribution in [0.3, 0.4) is 0 Å². The number of phenols is 1. The number of methoxy groups -OCH3 is 2. The molecule has 0 spiro atoms. The van der Waals surface area contributed by atoms with Crippen LogP contribution in [0.5, 0.6) is 17.2 Å². The van der Waals surface area contributed by atoms with Crippen molar-refractivity contribution >= 4 is 23.4 Å². The largest absolute Gasteiger partial charge is 0.507 e. The predicted molar refractivity (Wildman–Crippen MR) is 135 cm³/mol. The van der Waals surface area contributed by atoms with Crippen molar-refractivity contribution in [1.29, 1.82) is 0 Å². The van der Waals surface area contributed by atoms with Crippen LogP contribution in [-0.4, -0.2) is 35.2 Å². The average molecular weight is 472 g/mol. The maximum Gasteiger partial charge on any atom is 0.259 e. The molecule has 3 aromatic carbocycles. The van der Waals surface area contributed by atoms with Gasteiger partial charge in [0.15, 0.2) is 11.5 Å². The molecule has 6 N–H and O–H groups in total. The van der Waals surface area contributed by atoms with Crippen molar-refractivity contribution in [2.24, 2.45) is 0 Å². The number of nitrogens with zero attached hydrogens (tertiary/aromatic N) is 2. The van der Waals surface area contributed by atoms with Gasteiger partial charge in [0.2, 0.25) is 5.95 Å². The lowest BCUT2D eigenvalue weighted by Gasteiger charge is -2.16. The normalized spacial score (nSPS) is 10.6. The van der Waals surface area contributed by atoms with Crippen molar-refractivity contribution < 1.29 is 19.4 Å². The molecule has 4 aromatic rings. The van der Waals surface area contributed by atoms with Crippen LogP contribution in [0, 0.1) is 0 Å². The first-order chi connectivity index (χ1) is 16.9. The minimum absolute atomic E-state index is 0.0915. The van der Waals surface area contributed by atoms with Gasteiger partial charge in [0.1, 0.15) is 11.6 Å². The van der Waals surface area contributed by atoms with Crippen LogP contribution in [0.4, 0.5) is 17.5 Å². The SMILES string of the molecule is COc1cc(Cc2cnc(N)nc2N)cc(-c2cccc(NC(=O)c3ccccc3O)c2)c1OC. The summed E-state index contributed by atoms with van der Waals surface area (Å²) < 4.78 is 11.2. The van der Waals surface area contributed by atoms with Gasteiger partial charge in [0.25, 0.3) is 5.91 Å². The summed E-state index contributed by atoms with van der Waals surface area (Å²) in [5.74, 6) is 0.994. The average Bonchev–Trinajstić information content (AvgIpc) is 2.85. The van der Waals surface area contributed by atoms with Gasteiger partial charge in [-0.3, -0.25) is 4.79 Å². The van der Waals surface area contributed by atoms with Crippen LogP contribution in [-0.2, 0) is 6.42 Å². The number of aromatic hydroxyl groups is 1. The second-order valence-electron chi connectivity index (χ2n) is 7.75. The van der Waals surface area contributed by atoms with Crippen LogP contribution < -0.4 is 26.3 Å². The standard InChI is InChI=1S/C26H25N5O4/c1-34-22-12-15(10-17-14-29-26(28)31-24(17)27)11-20(23(22)35-2)16-6-5-7-18(13-16)30-25(33)19-8-3-4-9-21(19)32/h3-9,11-14,32H,10H2,1-2H3,(H,30,33)(H4,27,28,29,31). The molecule has 178 valence electrons. The van der Waals surface area contributed by atoms with Gasteiger partial charge in [-0.05, 0) is 47.5 Å². The highest BCUT2D eigenvalue weighted by Gasteiger charge is 2.17. The number of nitrogens with two attached hydrogens (primary N) is 2. The molecule has 0 radical (unpaired) electrons. The van der Waals surface area contributed by atoms with Gasteiger partial charge in [-0.2, -0.15) is 4.98 Å². The van der Waals surface area contributed by atoms with E-state index in [1.807, 2.05) is 30.3 Å². The van der Waals surface area contributed by atoms with Gasteiger partial charge in [0.05, 0.1) is 19.8 Å². The van der Waals surface area contributed by atoms with E-state index in [0.29, 0.717) is 29.4 Å². The number of para-hydroxylation sites is 1. The van der Waals surface area contributed by atoms with E-state index in [2.05, 4.69) is 15.3 Å². The smallest absolute Gasteiger partial charge is 0.259 e. The summed E-state index contributed by atoms with van der Waals surface area (Å²) in [5, 5.41) is 12.8. The third-order valence-corrected chi connectivity index (χ3v) is 5.43. The molecule has 0 saturated heterocycles. The summed E-state index contributed by atoms with van der Waals surface area (Å²) >= 11 is 0. The van der Waals surface area contributed by atoms with Gasteiger partial charge >= 0.3 is 0 Å². The van der Waals surface area contributed by atoms with Crippen molar-refractivity contribution in [3.05, 3.63) is 83.6 Å². The lowest BCUT2D eigenvalue weighted by atomic mass is 9.97. The number of rotatable bonds is 7. The van der Waals surface area contributed by atoms with E-state index < -0.39 is 5.91 Å². The monoisotopic (exact) mass is 471 g/mol. The van der Waals surface area contributed by atoms with Gasteiger partial charge in [-0.1, -0.05) is 24.3 Å². The molecule has 0 aliphatic rings. The number of nitrogen functional groups attached to an aromatic ring is 2. The molecule has 0 aliphatic heterocycles. The molecule has 1 aromatic heterocycles. The molecule has 0 saturated carbocycles. The van der Waals surface area contributed by atoms with Crippen molar-refractivity contribution in [1.82, 2.24) is 9.97 Å². The highest BCUT2D eigenvalue weighted by molar-refractivity contribution is 6.06. The van der Waals surface area contributed by atoms with E-state index in [0.717, 1.165) is 22.3 Å². The third-order valence-electron chi connectivity index (χ3n) is 5.43. The van der Waals surface area contributed by atoms with Gasteiger partial charge in [-0.25, -0.2) is 4.98 Å². The second-order valence-corrected chi connectivity index (χ2v) is 7.75. The maximum atomic E-state index is 12.7. The van der Waals surface area contributed by atoms with E-state index >= 15 is 0 Å². The molecule has 9 heteroatoms. The minimum Gasteiger partial charge on any atom is -0.507 e. The van der Waals surface area contributed by atoms with E-state index in [-0.39, 0.29) is 17.3 Å². The molecule has 9 nitrogen and oxygen atoms in total. The summed E-state index contributed by atoms with van der Waals surface area (Å²) in [6, 6.07) is 17.5.